The van der Waals surface area contributed by atoms with Crippen molar-refractivity contribution in [1.29, 1.82) is 0 Å². The number of nitrogens with zero attached hydrogens (tertiary/aromatic N) is 1. The fraction of sp³-hybridized carbons (Fsp3) is 0.250. The van der Waals surface area contributed by atoms with E-state index in [0.717, 1.165) is 23.5 Å². The molecule has 0 spiro atoms. The molecular weight excluding hydrogens is 204 g/mol. The third kappa shape index (κ3) is 2.00. The van der Waals surface area contributed by atoms with Crippen LogP contribution in [0, 0.1) is 0 Å². The molecule has 2 rings (SSSR count). The van der Waals surface area contributed by atoms with Crippen LogP contribution in [0.2, 0.25) is 0 Å². The second-order valence-corrected chi connectivity index (χ2v) is 3.77. The molecule has 0 saturated carbocycles. The predicted molar refractivity (Wildman–Crippen MR) is 64.4 cm³/mol. The highest BCUT2D eigenvalue weighted by Crippen LogP contribution is 2.30. The number of carboxylic acid groups (broad SMARTS) is 1. The summed E-state index contributed by atoms with van der Waals surface area (Å²) in [5.74, 6) is -0.778. The number of nitrogen functional groups attached to an aromatic ring is 1. The van der Waals surface area contributed by atoms with Gasteiger partial charge in [0.1, 0.15) is 0 Å². The predicted octanol–water partition coefficient (Wildman–Crippen LogP) is 1.58. The summed E-state index contributed by atoms with van der Waals surface area (Å²) in [6.45, 7) is 1.25. The molecule has 0 unspecified atom stereocenters. The highest BCUT2D eigenvalue weighted by atomic mass is 16.4. The molecule has 84 valence electrons. The van der Waals surface area contributed by atoms with E-state index in [1.165, 1.54) is 0 Å². The van der Waals surface area contributed by atoms with Crippen LogP contribution in [0.15, 0.2) is 24.3 Å². The third-order valence-corrected chi connectivity index (χ3v) is 2.66. The topological polar surface area (TPSA) is 66.6 Å². The average molecular weight is 218 g/mol. The van der Waals surface area contributed by atoms with Gasteiger partial charge in [0.25, 0.3) is 0 Å². The minimum Gasteiger partial charge on any atom is -0.481 e. The van der Waals surface area contributed by atoms with Crippen molar-refractivity contribution in [3.63, 3.8) is 0 Å². The van der Waals surface area contributed by atoms with E-state index in [2.05, 4.69) is 0 Å². The fourth-order valence-electron chi connectivity index (χ4n) is 1.87. The van der Waals surface area contributed by atoms with E-state index >= 15 is 0 Å². The molecule has 0 radical (unpaired) electrons. The van der Waals surface area contributed by atoms with Gasteiger partial charge < -0.3 is 15.7 Å². The van der Waals surface area contributed by atoms with Crippen LogP contribution in [-0.2, 0) is 4.79 Å². The summed E-state index contributed by atoms with van der Waals surface area (Å²) in [4.78, 5) is 12.6. The Morgan fingerprint density at radius 3 is 3.06 bits per heavy atom. The van der Waals surface area contributed by atoms with Crippen LogP contribution in [-0.4, -0.2) is 24.2 Å². The van der Waals surface area contributed by atoms with E-state index in [-0.39, 0.29) is 6.42 Å². The molecular formula is C12H14N2O2. The van der Waals surface area contributed by atoms with Crippen molar-refractivity contribution < 1.29 is 9.90 Å². The molecule has 1 aromatic rings. The van der Waals surface area contributed by atoms with Gasteiger partial charge in [0.2, 0.25) is 0 Å². The summed E-state index contributed by atoms with van der Waals surface area (Å²) in [6.07, 6.45) is 4.13. The van der Waals surface area contributed by atoms with Crippen molar-refractivity contribution in [2.45, 2.75) is 6.42 Å². The Morgan fingerprint density at radius 1 is 1.50 bits per heavy atom. The first-order valence-electron chi connectivity index (χ1n) is 5.20. The Balaban J connectivity index is 2.23. The van der Waals surface area contributed by atoms with Crippen LogP contribution in [0.25, 0.3) is 6.08 Å². The van der Waals surface area contributed by atoms with Gasteiger partial charge in [-0.05, 0) is 12.1 Å². The number of anilines is 2. The lowest BCUT2D eigenvalue weighted by Gasteiger charge is -2.28. The van der Waals surface area contributed by atoms with Gasteiger partial charge >= 0.3 is 5.97 Å². The van der Waals surface area contributed by atoms with Crippen LogP contribution in [0.1, 0.15) is 12.0 Å². The molecule has 0 atom stereocenters. The number of benzene rings is 1. The van der Waals surface area contributed by atoms with E-state index in [0.29, 0.717) is 6.54 Å². The Labute approximate surface area is 94.0 Å². The molecule has 0 aromatic heterocycles. The Morgan fingerprint density at radius 2 is 2.31 bits per heavy atom. The summed E-state index contributed by atoms with van der Waals surface area (Å²) >= 11 is 0. The van der Waals surface area contributed by atoms with Crippen LogP contribution < -0.4 is 10.6 Å². The van der Waals surface area contributed by atoms with Crippen LogP contribution in [0.3, 0.4) is 0 Å². The summed E-state index contributed by atoms with van der Waals surface area (Å²) in [5.41, 5.74) is 8.60. The van der Waals surface area contributed by atoms with Gasteiger partial charge in [-0.3, -0.25) is 4.79 Å². The number of rotatable bonds is 3. The van der Waals surface area contributed by atoms with Gasteiger partial charge in [-0.25, -0.2) is 0 Å². The number of aliphatic carboxylic acids is 1. The van der Waals surface area contributed by atoms with Crippen LogP contribution in [0.5, 0.6) is 0 Å². The maximum absolute atomic E-state index is 10.6. The minimum absolute atomic E-state index is 0.141. The molecule has 1 heterocycles. The van der Waals surface area contributed by atoms with E-state index in [4.69, 9.17) is 10.8 Å². The molecule has 0 amide bonds. The van der Waals surface area contributed by atoms with Crippen molar-refractivity contribution in [2.75, 3.05) is 23.7 Å². The molecule has 1 aliphatic rings. The van der Waals surface area contributed by atoms with Gasteiger partial charge in [0, 0.05) is 30.0 Å². The Bertz CT molecular complexity index is 441. The first-order chi connectivity index (χ1) is 7.68. The normalized spacial score (nSPS) is 13.6. The zero-order valence-electron chi connectivity index (χ0n) is 8.89. The van der Waals surface area contributed by atoms with Crippen LogP contribution >= 0.6 is 0 Å². The van der Waals surface area contributed by atoms with E-state index in [9.17, 15) is 4.79 Å². The molecule has 1 aromatic carbocycles. The van der Waals surface area contributed by atoms with Crippen molar-refractivity contribution in [3.8, 4) is 0 Å². The maximum atomic E-state index is 10.6. The summed E-state index contributed by atoms with van der Waals surface area (Å²) in [7, 11) is 0. The Hall–Kier alpha value is -1.97. The van der Waals surface area contributed by atoms with E-state index in [1.54, 1.807) is 0 Å². The van der Waals surface area contributed by atoms with Crippen LogP contribution in [0.4, 0.5) is 11.4 Å². The lowest BCUT2D eigenvalue weighted by molar-refractivity contribution is -0.136. The van der Waals surface area contributed by atoms with E-state index in [1.807, 2.05) is 35.3 Å². The number of carbonyl (C=O) groups is 1. The second kappa shape index (κ2) is 4.26. The van der Waals surface area contributed by atoms with Gasteiger partial charge in [-0.1, -0.05) is 18.2 Å². The smallest absolute Gasteiger partial charge is 0.305 e. The standard InChI is InChI=1S/C12H14N2O2/c13-10-4-1-5-11-9(10)3-2-7-14(11)8-6-12(15)16/h1-5H,6-8,13H2,(H,15,16). The van der Waals surface area contributed by atoms with Crippen molar-refractivity contribution >= 4 is 23.4 Å². The van der Waals surface area contributed by atoms with Crippen molar-refractivity contribution in [2.24, 2.45) is 0 Å². The highest BCUT2D eigenvalue weighted by molar-refractivity contribution is 5.80. The molecule has 4 heteroatoms. The van der Waals surface area contributed by atoms with Crippen molar-refractivity contribution in [3.05, 3.63) is 29.8 Å². The molecule has 4 nitrogen and oxygen atoms in total. The second-order valence-electron chi connectivity index (χ2n) is 3.77. The SMILES string of the molecule is Nc1cccc2c1C=CCN2CCC(=O)O. The zero-order chi connectivity index (χ0) is 11.5. The quantitative estimate of drug-likeness (QED) is 0.756. The zero-order valence-corrected chi connectivity index (χ0v) is 8.89. The molecule has 0 aliphatic carbocycles. The number of carboxylic acids is 1. The molecule has 0 saturated heterocycles. The summed E-state index contributed by atoms with van der Waals surface area (Å²) < 4.78 is 0. The van der Waals surface area contributed by atoms with Gasteiger partial charge in [-0.2, -0.15) is 0 Å². The molecule has 1 aliphatic heterocycles. The third-order valence-electron chi connectivity index (χ3n) is 2.66. The van der Waals surface area contributed by atoms with E-state index < -0.39 is 5.97 Å². The number of hydrogen-bond donors (Lipinski definition) is 2. The summed E-state index contributed by atoms with van der Waals surface area (Å²) in [6, 6.07) is 5.71. The lowest BCUT2D eigenvalue weighted by Crippen LogP contribution is -2.28. The van der Waals surface area contributed by atoms with Gasteiger partial charge in [0.05, 0.1) is 6.42 Å². The molecule has 0 bridgehead atoms. The molecule has 16 heavy (non-hydrogen) atoms. The average Bonchev–Trinajstić information content (AvgIpc) is 2.27. The first-order valence-corrected chi connectivity index (χ1v) is 5.20. The number of nitrogens with two attached hydrogens (primary N) is 1. The molecule has 3 N–H and O–H groups in total. The highest BCUT2D eigenvalue weighted by Gasteiger charge is 2.15. The summed E-state index contributed by atoms with van der Waals surface area (Å²) in [5, 5.41) is 8.68. The Kier molecular flexibility index (Phi) is 2.81. The maximum Gasteiger partial charge on any atom is 0.305 e. The lowest BCUT2D eigenvalue weighted by atomic mass is 10.1. The molecule has 0 fully saturated rings. The first kappa shape index (κ1) is 10.5. The minimum atomic E-state index is -0.778. The fourth-order valence-corrected chi connectivity index (χ4v) is 1.87. The number of fused-ring (bicyclic) bond motifs is 1. The largest absolute Gasteiger partial charge is 0.481 e. The monoisotopic (exact) mass is 218 g/mol. The van der Waals surface area contributed by atoms with Gasteiger partial charge in [0.15, 0.2) is 0 Å². The van der Waals surface area contributed by atoms with Gasteiger partial charge in [-0.15, -0.1) is 0 Å². The number of hydrogen-bond acceptors (Lipinski definition) is 3. The van der Waals surface area contributed by atoms with Crippen molar-refractivity contribution in [1.82, 2.24) is 0 Å².